The van der Waals surface area contributed by atoms with Crippen LogP contribution in [0, 0.1) is 0 Å². The Kier molecular flexibility index (Phi) is 4.38. The molecule has 5 heteroatoms. The van der Waals surface area contributed by atoms with Gasteiger partial charge in [-0.25, -0.2) is 0 Å². The Morgan fingerprint density at radius 1 is 1.39 bits per heavy atom. The van der Waals surface area contributed by atoms with Crippen LogP contribution < -0.4 is 9.47 Å². The number of carbonyl (C=O) groups is 1. The number of hydrogen-bond donors (Lipinski definition) is 0. The van der Waals surface area contributed by atoms with Crippen molar-refractivity contribution in [2.45, 2.75) is 6.61 Å². The Balaban J connectivity index is 2.11. The summed E-state index contributed by atoms with van der Waals surface area (Å²) in [6.07, 6.45) is 0.766. The van der Waals surface area contributed by atoms with Crippen molar-refractivity contribution < 1.29 is 14.3 Å². The predicted molar refractivity (Wildman–Crippen MR) is 74.7 cm³/mol. The Labute approximate surface area is 117 Å². The molecule has 0 radical (unpaired) electrons. The molecule has 1 aromatic heterocycles. The van der Waals surface area contributed by atoms with E-state index < -0.39 is 0 Å². The van der Waals surface area contributed by atoms with Crippen LogP contribution in [0.25, 0.3) is 0 Å². The summed E-state index contributed by atoms with van der Waals surface area (Å²) in [6.45, 7) is 0.448. The topological polar surface area (TPSA) is 35.5 Å². The molecular formula is C13H11BrO3S. The fourth-order valence-corrected chi connectivity index (χ4v) is 2.82. The van der Waals surface area contributed by atoms with Crippen LogP contribution in [-0.2, 0) is 6.61 Å². The average Bonchev–Trinajstić information content (AvgIpc) is 2.82. The third kappa shape index (κ3) is 3.11. The van der Waals surface area contributed by atoms with Gasteiger partial charge in [-0.15, -0.1) is 11.3 Å². The van der Waals surface area contributed by atoms with Gasteiger partial charge in [-0.3, -0.25) is 4.79 Å². The van der Waals surface area contributed by atoms with Crippen molar-refractivity contribution in [3.63, 3.8) is 0 Å². The van der Waals surface area contributed by atoms with Crippen molar-refractivity contribution in [1.29, 1.82) is 0 Å². The zero-order valence-electron chi connectivity index (χ0n) is 9.68. The van der Waals surface area contributed by atoms with Crippen LogP contribution in [0.3, 0.4) is 0 Å². The van der Waals surface area contributed by atoms with Crippen molar-refractivity contribution in [1.82, 2.24) is 0 Å². The molecule has 2 rings (SSSR count). The summed E-state index contributed by atoms with van der Waals surface area (Å²) in [5, 5.41) is 1.99. The maximum Gasteiger partial charge on any atom is 0.153 e. The van der Waals surface area contributed by atoms with Gasteiger partial charge in [-0.05, 0) is 40.2 Å². The fraction of sp³-hybridized carbons (Fsp3) is 0.154. The van der Waals surface area contributed by atoms with E-state index in [1.165, 1.54) is 0 Å². The molecule has 0 aliphatic heterocycles. The zero-order valence-corrected chi connectivity index (χ0v) is 12.1. The third-order valence-electron chi connectivity index (χ3n) is 2.34. The van der Waals surface area contributed by atoms with Crippen molar-refractivity contribution in [3.8, 4) is 11.5 Å². The van der Waals surface area contributed by atoms with Crippen molar-refractivity contribution in [2.75, 3.05) is 7.11 Å². The molecule has 0 fully saturated rings. The second kappa shape index (κ2) is 6.02. The lowest BCUT2D eigenvalue weighted by molar-refractivity contribution is 0.111. The molecule has 0 unspecified atom stereocenters. The molecule has 94 valence electrons. The van der Waals surface area contributed by atoms with Crippen molar-refractivity contribution in [3.05, 3.63) is 44.6 Å². The summed E-state index contributed by atoms with van der Waals surface area (Å²) in [5.74, 6) is 1.21. The minimum atomic E-state index is 0.448. The number of benzene rings is 1. The average molecular weight is 327 g/mol. The number of rotatable bonds is 5. The van der Waals surface area contributed by atoms with E-state index in [-0.39, 0.29) is 0 Å². The van der Waals surface area contributed by atoms with E-state index in [4.69, 9.17) is 9.47 Å². The highest BCUT2D eigenvalue weighted by molar-refractivity contribution is 9.10. The molecule has 18 heavy (non-hydrogen) atoms. The molecule has 1 aromatic carbocycles. The van der Waals surface area contributed by atoms with Crippen LogP contribution in [-0.4, -0.2) is 13.4 Å². The summed E-state index contributed by atoms with van der Waals surface area (Å²) in [4.78, 5) is 12.1. The number of halogens is 1. The Bertz CT molecular complexity index is 551. The summed E-state index contributed by atoms with van der Waals surface area (Å²) >= 11 is 4.99. The second-order valence-corrected chi connectivity index (χ2v) is 5.45. The Morgan fingerprint density at radius 2 is 2.22 bits per heavy atom. The highest BCUT2D eigenvalue weighted by Crippen LogP contribution is 2.25. The van der Waals surface area contributed by atoms with Crippen LogP contribution in [0.4, 0.5) is 0 Å². The minimum Gasteiger partial charge on any atom is -0.497 e. The lowest BCUT2D eigenvalue weighted by Crippen LogP contribution is -1.97. The first-order valence-electron chi connectivity index (χ1n) is 5.22. The summed E-state index contributed by atoms with van der Waals surface area (Å²) in [7, 11) is 1.56. The maximum atomic E-state index is 11.0. The van der Waals surface area contributed by atoms with E-state index in [1.807, 2.05) is 11.4 Å². The van der Waals surface area contributed by atoms with Gasteiger partial charge in [0, 0.05) is 14.7 Å². The zero-order chi connectivity index (χ0) is 13.0. The standard InChI is InChI=1S/C13H11BrO3S/c1-16-11-2-3-13(9(4-11)6-15)17-7-12-5-10(14)8-18-12/h2-6,8H,7H2,1H3. The lowest BCUT2D eigenvalue weighted by Gasteiger charge is -2.08. The SMILES string of the molecule is COc1ccc(OCc2cc(Br)cs2)c(C=O)c1. The normalized spacial score (nSPS) is 10.1. The van der Waals surface area contributed by atoms with Gasteiger partial charge in [0.15, 0.2) is 6.29 Å². The molecule has 0 saturated heterocycles. The third-order valence-corrected chi connectivity index (χ3v) is 4.01. The molecule has 0 aliphatic rings. The summed E-state index contributed by atoms with van der Waals surface area (Å²) < 4.78 is 11.7. The van der Waals surface area contributed by atoms with E-state index in [1.54, 1.807) is 36.6 Å². The van der Waals surface area contributed by atoms with Crippen LogP contribution in [0.2, 0.25) is 0 Å². The first kappa shape index (κ1) is 13.1. The van der Waals surface area contributed by atoms with E-state index in [2.05, 4.69) is 15.9 Å². The molecule has 0 N–H and O–H groups in total. The lowest BCUT2D eigenvalue weighted by atomic mass is 10.2. The van der Waals surface area contributed by atoms with Crippen LogP contribution >= 0.6 is 27.3 Å². The molecule has 0 bridgehead atoms. The number of thiophene rings is 1. The molecule has 0 atom stereocenters. The molecule has 3 nitrogen and oxygen atoms in total. The van der Waals surface area contributed by atoms with Crippen LogP contribution in [0.15, 0.2) is 34.1 Å². The van der Waals surface area contributed by atoms with Gasteiger partial charge in [0.2, 0.25) is 0 Å². The monoisotopic (exact) mass is 326 g/mol. The molecule has 2 aromatic rings. The Morgan fingerprint density at radius 3 is 2.83 bits per heavy atom. The summed E-state index contributed by atoms with van der Waals surface area (Å²) in [5.41, 5.74) is 0.491. The molecule has 1 heterocycles. The van der Waals surface area contributed by atoms with Gasteiger partial charge in [0.1, 0.15) is 18.1 Å². The van der Waals surface area contributed by atoms with E-state index >= 15 is 0 Å². The summed E-state index contributed by atoms with van der Waals surface area (Å²) in [6, 6.07) is 7.17. The van der Waals surface area contributed by atoms with Gasteiger partial charge in [-0.2, -0.15) is 0 Å². The quantitative estimate of drug-likeness (QED) is 0.781. The number of ether oxygens (including phenoxy) is 2. The van der Waals surface area contributed by atoms with Gasteiger partial charge in [-0.1, -0.05) is 0 Å². The molecule has 0 aliphatic carbocycles. The van der Waals surface area contributed by atoms with Gasteiger partial charge < -0.3 is 9.47 Å². The van der Waals surface area contributed by atoms with Gasteiger partial charge >= 0.3 is 0 Å². The molecular weight excluding hydrogens is 316 g/mol. The predicted octanol–water partition coefficient (Wildman–Crippen LogP) is 3.91. The van der Waals surface area contributed by atoms with E-state index in [0.717, 1.165) is 15.6 Å². The van der Waals surface area contributed by atoms with Crippen LogP contribution in [0.5, 0.6) is 11.5 Å². The van der Waals surface area contributed by atoms with Crippen LogP contribution in [0.1, 0.15) is 15.2 Å². The first-order chi connectivity index (χ1) is 8.72. The molecule has 0 amide bonds. The van der Waals surface area contributed by atoms with Gasteiger partial charge in [0.05, 0.1) is 12.7 Å². The minimum absolute atomic E-state index is 0.448. The number of aldehydes is 1. The van der Waals surface area contributed by atoms with Crippen molar-refractivity contribution >= 4 is 33.6 Å². The second-order valence-electron chi connectivity index (χ2n) is 3.54. The smallest absolute Gasteiger partial charge is 0.153 e. The highest BCUT2D eigenvalue weighted by Gasteiger charge is 2.06. The maximum absolute atomic E-state index is 11.0. The van der Waals surface area contributed by atoms with E-state index in [0.29, 0.717) is 23.7 Å². The van der Waals surface area contributed by atoms with Crippen molar-refractivity contribution in [2.24, 2.45) is 0 Å². The number of hydrogen-bond acceptors (Lipinski definition) is 4. The first-order valence-corrected chi connectivity index (χ1v) is 6.89. The van der Waals surface area contributed by atoms with E-state index in [9.17, 15) is 4.79 Å². The number of methoxy groups -OCH3 is 1. The number of carbonyl (C=O) groups excluding carboxylic acids is 1. The highest BCUT2D eigenvalue weighted by atomic mass is 79.9. The molecule has 0 saturated carbocycles. The van der Waals surface area contributed by atoms with Gasteiger partial charge in [0.25, 0.3) is 0 Å². The Hall–Kier alpha value is -1.33. The fourth-order valence-electron chi connectivity index (χ4n) is 1.46. The molecule has 0 spiro atoms. The largest absolute Gasteiger partial charge is 0.497 e.